The zero-order chi connectivity index (χ0) is 11.5. The Hall–Kier alpha value is -1.61. The number of hydrogen-bond acceptors (Lipinski definition) is 2. The molecule has 3 heteroatoms. The number of rotatable bonds is 3. The number of imidazole rings is 1. The summed E-state index contributed by atoms with van der Waals surface area (Å²) in [4.78, 5) is 4.24. The molecule has 0 aliphatic rings. The van der Waals surface area contributed by atoms with Crippen LogP contribution >= 0.6 is 0 Å². The second-order valence-corrected chi connectivity index (χ2v) is 4.00. The molecule has 0 atom stereocenters. The standard InChI is InChI=1S/C13H17N3/c1-10-8-12(9-14-3)4-5-13(10)16-7-6-15-11(16)2/h4-8,14H,9H2,1-3H3. The maximum absolute atomic E-state index is 4.24. The number of aromatic nitrogens is 2. The van der Waals surface area contributed by atoms with Crippen LogP contribution in [-0.2, 0) is 6.54 Å². The van der Waals surface area contributed by atoms with Gasteiger partial charge in [-0.1, -0.05) is 12.1 Å². The molecule has 0 radical (unpaired) electrons. The van der Waals surface area contributed by atoms with Gasteiger partial charge in [0.05, 0.1) is 0 Å². The van der Waals surface area contributed by atoms with Gasteiger partial charge < -0.3 is 9.88 Å². The molecule has 0 amide bonds. The zero-order valence-corrected chi connectivity index (χ0v) is 9.99. The van der Waals surface area contributed by atoms with Crippen molar-refractivity contribution in [3.05, 3.63) is 47.5 Å². The minimum absolute atomic E-state index is 0.907. The summed E-state index contributed by atoms with van der Waals surface area (Å²) in [6.45, 7) is 5.05. The Bertz CT molecular complexity index is 486. The summed E-state index contributed by atoms with van der Waals surface area (Å²) in [5.74, 6) is 1.02. The van der Waals surface area contributed by atoms with Crippen molar-refractivity contribution in [2.75, 3.05) is 7.05 Å². The monoisotopic (exact) mass is 215 g/mol. The van der Waals surface area contributed by atoms with E-state index in [4.69, 9.17) is 0 Å². The predicted octanol–water partition coefficient (Wildman–Crippen LogP) is 2.21. The van der Waals surface area contributed by atoms with Crippen LogP contribution in [-0.4, -0.2) is 16.6 Å². The van der Waals surface area contributed by atoms with Crippen LogP contribution in [0.1, 0.15) is 17.0 Å². The van der Waals surface area contributed by atoms with Gasteiger partial charge in [0.15, 0.2) is 0 Å². The van der Waals surface area contributed by atoms with Crippen LogP contribution in [0.3, 0.4) is 0 Å². The van der Waals surface area contributed by atoms with E-state index in [9.17, 15) is 0 Å². The summed E-state index contributed by atoms with van der Waals surface area (Å²) in [6.07, 6.45) is 3.83. The third kappa shape index (κ3) is 1.99. The number of benzene rings is 1. The van der Waals surface area contributed by atoms with Crippen molar-refractivity contribution in [2.45, 2.75) is 20.4 Å². The second kappa shape index (κ2) is 4.49. The van der Waals surface area contributed by atoms with Gasteiger partial charge in [-0.2, -0.15) is 0 Å². The molecular weight excluding hydrogens is 198 g/mol. The number of aryl methyl sites for hydroxylation is 2. The molecule has 0 unspecified atom stereocenters. The molecule has 84 valence electrons. The lowest BCUT2D eigenvalue weighted by atomic mass is 10.1. The van der Waals surface area contributed by atoms with Crippen molar-refractivity contribution in [2.24, 2.45) is 0 Å². The molecule has 1 heterocycles. The molecule has 2 aromatic rings. The van der Waals surface area contributed by atoms with Gasteiger partial charge in [-0.05, 0) is 38.1 Å². The van der Waals surface area contributed by atoms with E-state index in [1.165, 1.54) is 16.8 Å². The van der Waals surface area contributed by atoms with Crippen LogP contribution in [0.25, 0.3) is 5.69 Å². The van der Waals surface area contributed by atoms with Crippen molar-refractivity contribution in [1.29, 1.82) is 0 Å². The molecular formula is C13H17N3. The highest BCUT2D eigenvalue weighted by molar-refractivity contribution is 5.43. The Morgan fingerprint density at radius 2 is 2.12 bits per heavy atom. The highest BCUT2D eigenvalue weighted by Crippen LogP contribution is 2.17. The van der Waals surface area contributed by atoms with Gasteiger partial charge in [0.25, 0.3) is 0 Å². The minimum Gasteiger partial charge on any atom is -0.316 e. The van der Waals surface area contributed by atoms with Crippen molar-refractivity contribution in [3.63, 3.8) is 0 Å². The Morgan fingerprint density at radius 3 is 2.69 bits per heavy atom. The van der Waals surface area contributed by atoms with Gasteiger partial charge in [-0.3, -0.25) is 0 Å². The van der Waals surface area contributed by atoms with Crippen molar-refractivity contribution in [3.8, 4) is 5.69 Å². The molecule has 0 saturated heterocycles. The molecule has 16 heavy (non-hydrogen) atoms. The van der Waals surface area contributed by atoms with E-state index in [0.717, 1.165) is 12.4 Å². The fraction of sp³-hybridized carbons (Fsp3) is 0.308. The van der Waals surface area contributed by atoms with Crippen molar-refractivity contribution in [1.82, 2.24) is 14.9 Å². The lowest BCUT2D eigenvalue weighted by Gasteiger charge is -2.10. The molecule has 0 aliphatic carbocycles. The summed E-state index contributed by atoms with van der Waals surface area (Å²) in [6, 6.07) is 6.51. The average Bonchev–Trinajstić information content (AvgIpc) is 2.65. The third-order valence-corrected chi connectivity index (χ3v) is 2.73. The molecule has 1 aromatic heterocycles. The molecule has 1 aromatic carbocycles. The first-order chi connectivity index (χ1) is 7.72. The van der Waals surface area contributed by atoms with Gasteiger partial charge in [0.1, 0.15) is 5.82 Å². The molecule has 0 fully saturated rings. The van der Waals surface area contributed by atoms with Gasteiger partial charge in [-0.25, -0.2) is 4.98 Å². The highest BCUT2D eigenvalue weighted by Gasteiger charge is 2.04. The van der Waals surface area contributed by atoms with Crippen LogP contribution in [0.2, 0.25) is 0 Å². The summed E-state index contributed by atoms with van der Waals surface area (Å²) in [5, 5.41) is 3.16. The normalized spacial score (nSPS) is 10.7. The maximum atomic E-state index is 4.24. The van der Waals surface area contributed by atoms with E-state index in [0.29, 0.717) is 0 Å². The Kier molecular flexibility index (Phi) is 3.06. The van der Waals surface area contributed by atoms with Crippen LogP contribution in [0, 0.1) is 13.8 Å². The van der Waals surface area contributed by atoms with Gasteiger partial charge in [0.2, 0.25) is 0 Å². The van der Waals surface area contributed by atoms with Crippen LogP contribution in [0.5, 0.6) is 0 Å². The van der Waals surface area contributed by atoms with Gasteiger partial charge >= 0.3 is 0 Å². The molecule has 0 spiro atoms. The van der Waals surface area contributed by atoms with E-state index >= 15 is 0 Å². The van der Waals surface area contributed by atoms with Crippen LogP contribution < -0.4 is 5.32 Å². The van der Waals surface area contributed by atoms with Gasteiger partial charge in [-0.15, -0.1) is 0 Å². The number of hydrogen-bond donors (Lipinski definition) is 1. The smallest absolute Gasteiger partial charge is 0.110 e. The minimum atomic E-state index is 0.907. The Balaban J connectivity index is 2.40. The Labute approximate surface area is 96.1 Å². The summed E-state index contributed by atoms with van der Waals surface area (Å²) >= 11 is 0. The summed E-state index contributed by atoms with van der Waals surface area (Å²) in [7, 11) is 1.96. The highest BCUT2D eigenvalue weighted by atomic mass is 15.1. The molecule has 0 aliphatic heterocycles. The molecule has 0 saturated carbocycles. The second-order valence-electron chi connectivity index (χ2n) is 4.00. The zero-order valence-electron chi connectivity index (χ0n) is 9.99. The lowest BCUT2D eigenvalue weighted by Crippen LogP contribution is -2.06. The molecule has 1 N–H and O–H groups in total. The summed E-state index contributed by atoms with van der Waals surface area (Å²) in [5.41, 5.74) is 3.78. The quantitative estimate of drug-likeness (QED) is 0.850. The first-order valence-corrected chi connectivity index (χ1v) is 5.47. The molecule has 0 bridgehead atoms. The largest absolute Gasteiger partial charge is 0.316 e. The van der Waals surface area contributed by atoms with E-state index < -0.39 is 0 Å². The van der Waals surface area contributed by atoms with E-state index in [1.54, 1.807) is 0 Å². The van der Waals surface area contributed by atoms with E-state index in [-0.39, 0.29) is 0 Å². The maximum Gasteiger partial charge on any atom is 0.110 e. The first kappa shape index (κ1) is 10.9. The van der Waals surface area contributed by atoms with E-state index in [2.05, 4.69) is 40.0 Å². The SMILES string of the molecule is CNCc1ccc(-n2ccnc2C)c(C)c1. The first-order valence-electron chi connectivity index (χ1n) is 5.47. The number of nitrogens with zero attached hydrogens (tertiary/aromatic N) is 2. The topological polar surface area (TPSA) is 29.9 Å². The lowest BCUT2D eigenvalue weighted by molar-refractivity contribution is 0.815. The fourth-order valence-corrected chi connectivity index (χ4v) is 1.93. The summed E-state index contributed by atoms with van der Waals surface area (Å²) < 4.78 is 2.11. The predicted molar refractivity (Wildman–Crippen MR) is 65.8 cm³/mol. The van der Waals surface area contributed by atoms with Crippen LogP contribution in [0.15, 0.2) is 30.6 Å². The molecule has 2 rings (SSSR count). The molecule has 3 nitrogen and oxygen atoms in total. The number of nitrogens with one attached hydrogen (secondary N) is 1. The van der Waals surface area contributed by atoms with Crippen LogP contribution in [0.4, 0.5) is 0 Å². The third-order valence-electron chi connectivity index (χ3n) is 2.73. The van der Waals surface area contributed by atoms with Crippen molar-refractivity contribution < 1.29 is 0 Å². The van der Waals surface area contributed by atoms with Gasteiger partial charge in [0, 0.05) is 24.6 Å². The van der Waals surface area contributed by atoms with E-state index in [1.807, 2.05) is 26.4 Å². The van der Waals surface area contributed by atoms with Crippen molar-refractivity contribution >= 4 is 0 Å². The Morgan fingerprint density at radius 1 is 1.31 bits per heavy atom. The fourth-order valence-electron chi connectivity index (χ4n) is 1.93. The average molecular weight is 215 g/mol.